The number of hydrogen-bond donors (Lipinski definition) is 1. The highest BCUT2D eigenvalue weighted by Gasteiger charge is 2.43. The van der Waals surface area contributed by atoms with Crippen molar-refractivity contribution in [3.8, 4) is 0 Å². The molecule has 2 aliphatic carbocycles. The maximum Gasteiger partial charge on any atom is 0.0456 e. The van der Waals surface area contributed by atoms with E-state index in [2.05, 4.69) is 12.1 Å². The van der Waals surface area contributed by atoms with E-state index in [1.54, 1.807) is 0 Å². The van der Waals surface area contributed by atoms with Crippen LogP contribution in [0.3, 0.4) is 0 Å². The Morgan fingerprint density at radius 2 is 1.65 bits per heavy atom. The van der Waals surface area contributed by atoms with Gasteiger partial charge < -0.3 is 5.73 Å². The van der Waals surface area contributed by atoms with Gasteiger partial charge in [0.05, 0.1) is 0 Å². The van der Waals surface area contributed by atoms with E-state index in [0.29, 0.717) is 5.92 Å². The second-order valence-electron chi connectivity index (χ2n) is 6.77. The molecule has 2 fully saturated rings. The van der Waals surface area contributed by atoms with Crippen LogP contribution < -0.4 is 5.73 Å². The van der Waals surface area contributed by atoms with Crippen LogP contribution in [0.25, 0.3) is 0 Å². The number of nitrogens with two attached hydrogens (primary N) is 1. The summed E-state index contributed by atoms with van der Waals surface area (Å²) < 4.78 is 0. The lowest BCUT2D eigenvalue weighted by Crippen LogP contribution is -2.49. The second-order valence-corrected chi connectivity index (χ2v) is 7.18. The van der Waals surface area contributed by atoms with Crippen molar-refractivity contribution in [1.82, 2.24) is 0 Å². The van der Waals surface area contributed by atoms with Gasteiger partial charge in [-0.1, -0.05) is 74.7 Å². The third kappa shape index (κ3) is 2.63. The normalized spacial score (nSPS) is 32.2. The molecule has 0 aliphatic heterocycles. The van der Waals surface area contributed by atoms with Gasteiger partial charge >= 0.3 is 0 Å². The van der Waals surface area contributed by atoms with Crippen LogP contribution in [-0.4, -0.2) is 0 Å². The Kier molecular flexibility index (Phi) is 4.37. The Bertz CT molecular complexity index is 452. The molecule has 0 radical (unpaired) electrons. The summed E-state index contributed by atoms with van der Waals surface area (Å²) >= 11 is 6.47. The van der Waals surface area contributed by atoms with Crippen LogP contribution in [0.5, 0.6) is 0 Å². The molecule has 2 atom stereocenters. The molecular weight excluding hydrogens is 266 g/mol. The molecule has 1 nitrogen and oxygen atoms in total. The molecule has 0 amide bonds. The molecule has 2 N–H and O–H groups in total. The van der Waals surface area contributed by atoms with Gasteiger partial charge in [-0.05, 0) is 36.3 Å². The van der Waals surface area contributed by atoms with Crippen molar-refractivity contribution in [2.75, 3.05) is 0 Å². The smallest absolute Gasteiger partial charge is 0.0456 e. The van der Waals surface area contributed by atoms with Gasteiger partial charge in [0.2, 0.25) is 0 Å². The number of benzene rings is 1. The fraction of sp³-hybridized carbons (Fsp3) is 0.667. The van der Waals surface area contributed by atoms with Crippen LogP contribution >= 0.6 is 11.6 Å². The predicted octanol–water partition coefficient (Wildman–Crippen LogP) is 5.26. The zero-order valence-electron chi connectivity index (χ0n) is 12.3. The molecular formula is C18H26ClN. The van der Waals surface area contributed by atoms with E-state index in [0.717, 1.165) is 17.4 Å². The molecule has 2 saturated carbocycles. The fourth-order valence-electron chi connectivity index (χ4n) is 4.59. The average Bonchev–Trinajstić information content (AvgIpc) is 2.49. The summed E-state index contributed by atoms with van der Waals surface area (Å²) in [6.07, 6.45) is 11.9. The molecule has 1 aromatic carbocycles. The molecule has 2 unspecified atom stereocenters. The van der Waals surface area contributed by atoms with Crippen LogP contribution in [0, 0.1) is 11.8 Å². The van der Waals surface area contributed by atoms with Crippen LogP contribution in [0.1, 0.15) is 63.4 Å². The third-order valence-electron chi connectivity index (χ3n) is 5.61. The Labute approximate surface area is 127 Å². The highest BCUT2D eigenvalue weighted by Crippen LogP contribution is 2.48. The van der Waals surface area contributed by atoms with E-state index in [9.17, 15) is 0 Å². The van der Waals surface area contributed by atoms with Crippen molar-refractivity contribution in [3.63, 3.8) is 0 Å². The first kappa shape index (κ1) is 14.4. The third-order valence-corrected chi connectivity index (χ3v) is 5.94. The molecule has 20 heavy (non-hydrogen) atoms. The minimum atomic E-state index is -0.196. The molecule has 2 aliphatic rings. The monoisotopic (exact) mass is 291 g/mol. The topological polar surface area (TPSA) is 26.0 Å². The van der Waals surface area contributed by atoms with Crippen molar-refractivity contribution < 1.29 is 0 Å². The predicted molar refractivity (Wildman–Crippen MR) is 85.9 cm³/mol. The zero-order chi connectivity index (χ0) is 14.0. The van der Waals surface area contributed by atoms with E-state index < -0.39 is 0 Å². The maximum atomic E-state index is 6.97. The SMILES string of the molecule is NC1(c2ccccc2Cl)CCCCC1C1CCCCC1. The van der Waals surface area contributed by atoms with Crippen molar-refractivity contribution in [3.05, 3.63) is 34.9 Å². The Hall–Kier alpha value is -0.530. The van der Waals surface area contributed by atoms with Crippen LogP contribution in [-0.2, 0) is 5.54 Å². The van der Waals surface area contributed by atoms with Gasteiger partial charge in [0, 0.05) is 10.6 Å². The molecule has 0 heterocycles. The number of hydrogen-bond acceptors (Lipinski definition) is 1. The Morgan fingerprint density at radius 3 is 2.40 bits per heavy atom. The number of rotatable bonds is 2. The summed E-state index contributed by atoms with van der Waals surface area (Å²) in [7, 11) is 0. The van der Waals surface area contributed by atoms with E-state index in [1.807, 2.05) is 12.1 Å². The minimum Gasteiger partial charge on any atom is -0.321 e. The molecule has 0 bridgehead atoms. The van der Waals surface area contributed by atoms with E-state index in [-0.39, 0.29) is 5.54 Å². The summed E-state index contributed by atoms with van der Waals surface area (Å²) in [5, 5.41) is 0.859. The first-order valence-electron chi connectivity index (χ1n) is 8.26. The highest BCUT2D eigenvalue weighted by molar-refractivity contribution is 6.31. The Balaban J connectivity index is 1.92. The van der Waals surface area contributed by atoms with E-state index >= 15 is 0 Å². The van der Waals surface area contributed by atoms with Crippen LogP contribution in [0.15, 0.2) is 24.3 Å². The van der Waals surface area contributed by atoms with Gasteiger partial charge in [-0.15, -0.1) is 0 Å². The molecule has 110 valence electrons. The van der Waals surface area contributed by atoms with Crippen LogP contribution in [0.4, 0.5) is 0 Å². The number of halogens is 1. The summed E-state index contributed by atoms with van der Waals surface area (Å²) in [5.74, 6) is 1.43. The quantitative estimate of drug-likeness (QED) is 0.790. The van der Waals surface area contributed by atoms with E-state index in [1.165, 1.54) is 56.9 Å². The molecule has 3 rings (SSSR count). The molecule has 2 heteroatoms. The van der Waals surface area contributed by atoms with Crippen molar-refractivity contribution in [2.45, 2.75) is 63.3 Å². The second kappa shape index (κ2) is 6.07. The van der Waals surface area contributed by atoms with Gasteiger partial charge in [-0.25, -0.2) is 0 Å². The summed E-state index contributed by atoms with van der Waals surface area (Å²) in [6, 6.07) is 8.25. The van der Waals surface area contributed by atoms with Gasteiger partial charge in [-0.3, -0.25) is 0 Å². The van der Waals surface area contributed by atoms with Crippen molar-refractivity contribution >= 4 is 11.6 Å². The molecule has 0 saturated heterocycles. The maximum absolute atomic E-state index is 6.97. The standard InChI is InChI=1S/C18H26ClN/c19-17-12-5-4-11-16(17)18(20)13-7-6-10-15(18)14-8-2-1-3-9-14/h4-5,11-12,14-15H,1-3,6-10,13,20H2. The zero-order valence-corrected chi connectivity index (χ0v) is 13.0. The van der Waals surface area contributed by atoms with Crippen molar-refractivity contribution in [2.24, 2.45) is 17.6 Å². The lowest BCUT2D eigenvalue weighted by molar-refractivity contribution is 0.0986. The average molecular weight is 292 g/mol. The van der Waals surface area contributed by atoms with Crippen LogP contribution in [0.2, 0.25) is 5.02 Å². The van der Waals surface area contributed by atoms with Gasteiger partial charge in [0.1, 0.15) is 0 Å². The summed E-state index contributed by atoms with van der Waals surface area (Å²) in [4.78, 5) is 0. The summed E-state index contributed by atoms with van der Waals surface area (Å²) in [5.41, 5.74) is 7.97. The van der Waals surface area contributed by atoms with Crippen molar-refractivity contribution in [1.29, 1.82) is 0 Å². The van der Waals surface area contributed by atoms with Gasteiger partial charge in [0.15, 0.2) is 0 Å². The lowest BCUT2D eigenvalue weighted by atomic mass is 9.62. The fourth-order valence-corrected chi connectivity index (χ4v) is 4.90. The summed E-state index contributed by atoms with van der Waals surface area (Å²) in [6.45, 7) is 0. The molecule has 0 aromatic heterocycles. The largest absolute Gasteiger partial charge is 0.321 e. The van der Waals surface area contributed by atoms with Gasteiger partial charge in [-0.2, -0.15) is 0 Å². The van der Waals surface area contributed by atoms with Gasteiger partial charge in [0.25, 0.3) is 0 Å². The minimum absolute atomic E-state index is 0.196. The lowest BCUT2D eigenvalue weighted by Gasteiger charge is -2.47. The first-order chi connectivity index (χ1) is 9.72. The first-order valence-corrected chi connectivity index (χ1v) is 8.63. The Morgan fingerprint density at radius 1 is 0.950 bits per heavy atom. The molecule has 1 aromatic rings. The van der Waals surface area contributed by atoms with E-state index in [4.69, 9.17) is 17.3 Å². The highest BCUT2D eigenvalue weighted by atomic mass is 35.5. The molecule has 0 spiro atoms.